The largest absolute Gasteiger partial charge is 0.353 e. The van der Waals surface area contributed by atoms with Crippen LogP contribution in [0.4, 0.5) is 0 Å². The monoisotopic (exact) mass is 240 g/mol. The summed E-state index contributed by atoms with van der Waals surface area (Å²) in [5.41, 5.74) is 1.73. The zero-order valence-corrected chi connectivity index (χ0v) is 10.4. The predicted octanol–water partition coefficient (Wildman–Crippen LogP) is 2.77. The molecule has 92 valence electrons. The maximum absolute atomic E-state index is 11.4. The van der Waals surface area contributed by atoms with Crippen LogP contribution in [-0.2, 0) is 4.79 Å². The molecule has 3 nitrogen and oxygen atoms in total. The lowest BCUT2D eigenvalue weighted by Gasteiger charge is -1.99. The second kappa shape index (κ2) is 5.96. The first kappa shape index (κ1) is 12.3. The second-order valence-corrected chi connectivity index (χ2v) is 4.05. The molecule has 1 amide bonds. The Balaban J connectivity index is 2.12. The Morgan fingerprint density at radius 1 is 1.28 bits per heavy atom. The summed E-state index contributed by atoms with van der Waals surface area (Å²) in [5, 5.41) is 3.89. The highest BCUT2D eigenvalue weighted by Crippen LogP contribution is 2.12. The molecule has 1 N–H and O–H groups in total. The van der Waals surface area contributed by atoms with E-state index in [1.165, 1.54) is 6.08 Å². The van der Waals surface area contributed by atoms with E-state index in [2.05, 4.69) is 10.3 Å². The lowest BCUT2D eigenvalue weighted by Crippen LogP contribution is -2.21. The topological polar surface area (TPSA) is 42.0 Å². The van der Waals surface area contributed by atoms with Crippen LogP contribution in [0.3, 0.4) is 0 Å². The highest BCUT2D eigenvalue weighted by Gasteiger charge is 1.96. The summed E-state index contributed by atoms with van der Waals surface area (Å²) >= 11 is 0. The molecule has 0 saturated heterocycles. The number of rotatable bonds is 4. The van der Waals surface area contributed by atoms with Crippen LogP contribution in [0.15, 0.2) is 42.5 Å². The summed E-state index contributed by atoms with van der Waals surface area (Å²) in [4.78, 5) is 15.9. The Kier molecular flexibility index (Phi) is 4.07. The third-order valence-electron chi connectivity index (χ3n) is 2.57. The molecule has 0 aliphatic rings. The summed E-state index contributed by atoms with van der Waals surface area (Å²) in [7, 11) is 0. The van der Waals surface area contributed by atoms with Crippen molar-refractivity contribution in [3.63, 3.8) is 0 Å². The number of amides is 1. The van der Waals surface area contributed by atoms with E-state index in [0.29, 0.717) is 6.54 Å². The molecule has 2 aromatic rings. The number of fused-ring (bicyclic) bond motifs is 1. The molecule has 3 heteroatoms. The minimum Gasteiger partial charge on any atom is -0.353 e. The van der Waals surface area contributed by atoms with Crippen LogP contribution in [0.5, 0.6) is 0 Å². The van der Waals surface area contributed by atoms with E-state index < -0.39 is 0 Å². The fourth-order valence-corrected chi connectivity index (χ4v) is 1.64. The van der Waals surface area contributed by atoms with Crippen molar-refractivity contribution in [3.8, 4) is 0 Å². The molecule has 0 atom stereocenters. The SMILES string of the molecule is CCCNC(=O)/C=C/c1ccc2ccccc2n1. The van der Waals surface area contributed by atoms with Gasteiger partial charge in [-0.15, -0.1) is 0 Å². The molecule has 0 aliphatic heterocycles. The number of nitrogens with zero attached hydrogens (tertiary/aromatic N) is 1. The van der Waals surface area contributed by atoms with Crippen molar-refractivity contribution in [1.82, 2.24) is 10.3 Å². The van der Waals surface area contributed by atoms with Crippen LogP contribution in [0.25, 0.3) is 17.0 Å². The van der Waals surface area contributed by atoms with Gasteiger partial charge in [-0.3, -0.25) is 4.79 Å². The predicted molar refractivity (Wildman–Crippen MR) is 74.1 cm³/mol. The highest BCUT2D eigenvalue weighted by molar-refractivity contribution is 5.91. The van der Waals surface area contributed by atoms with Crippen molar-refractivity contribution in [2.75, 3.05) is 6.54 Å². The summed E-state index contributed by atoms with van der Waals surface area (Å²) in [6, 6.07) is 11.8. The fraction of sp³-hybridized carbons (Fsp3) is 0.200. The molecular formula is C15H16N2O. The number of carbonyl (C=O) groups is 1. The number of pyridine rings is 1. The summed E-state index contributed by atoms with van der Waals surface area (Å²) < 4.78 is 0. The number of hydrogen-bond donors (Lipinski definition) is 1. The summed E-state index contributed by atoms with van der Waals surface area (Å²) in [6.07, 6.45) is 4.19. The van der Waals surface area contributed by atoms with Gasteiger partial charge in [0.05, 0.1) is 11.2 Å². The molecule has 1 aromatic carbocycles. The molecule has 0 fully saturated rings. The van der Waals surface area contributed by atoms with Gasteiger partial charge in [0.2, 0.25) is 5.91 Å². The molecule has 1 heterocycles. The molecule has 1 aromatic heterocycles. The molecule has 0 bridgehead atoms. The Labute approximate surface area is 107 Å². The van der Waals surface area contributed by atoms with E-state index >= 15 is 0 Å². The minimum absolute atomic E-state index is 0.0770. The number of nitrogens with one attached hydrogen (secondary N) is 1. The van der Waals surface area contributed by atoms with Gasteiger partial charge in [0.15, 0.2) is 0 Å². The van der Waals surface area contributed by atoms with E-state index in [0.717, 1.165) is 23.0 Å². The maximum Gasteiger partial charge on any atom is 0.244 e. The van der Waals surface area contributed by atoms with Crippen LogP contribution in [-0.4, -0.2) is 17.4 Å². The van der Waals surface area contributed by atoms with Crippen LogP contribution >= 0.6 is 0 Å². The lowest BCUT2D eigenvalue weighted by molar-refractivity contribution is -0.116. The minimum atomic E-state index is -0.0770. The smallest absolute Gasteiger partial charge is 0.244 e. The third-order valence-corrected chi connectivity index (χ3v) is 2.57. The lowest BCUT2D eigenvalue weighted by atomic mass is 10.2. The number of benzene rings is 1. The van der Waals surface area contributed by atoms with Gasteiger partial charge in [-0.25, -0.2) is 4.98 Å². The molecule has 0 saturated carbocycles. The molecule has 0 spiro atoms. The van der Waals surface area contributed by atoms with Crippen molar-refractivity contribution in [3.05, 3.63) is 48.2 Å². The van der Waals surface area contributed by atoms with Gasteiger partial charge in [-0.05, 0) is 24.6 Å². The molecule has 2 rings (SSSR count). The van der Waals surface area contributed by atoms with Crippen molar-refractivity contribution < 1.29 is 4.79 Å². The standard InChI is InChI=1S/C15H16N2O/c1-2-11-16-15(18)10-9-13-8-7-12-5-3-4-6-14(12)17-13/h3-10H,2,11H2,1H3,(H,16,18)/b10-9+. The van der Waals surface area contributed by atoms with Crippen molar-refractivity contribution in [2.24, 2.45) is 0 Å². The summed E-state index contributed by atoms with van der Waals surface area (Å²) in [5.74, 6) is -0.0770. The maximum atomic E-state index is 11.4. The van der Waals surface area contributed by atoms with Gasteiger partial charge in [-0.2, -0.15) is 0 Å². The first-order chi connectivity index (χ1) is 8.79. The molecule has 0 unspecified atom stereocenters. The van der Waals surface area contributed by atoms with Gasteiger partial charge >= 0.3 is 0 Å². The fourth-order valence-electron chi connectivity index (χ4n) is 1.64. The summed E-state index contributed by atoms with van der Waals surface area (Å²) in [6.45, 7) is 2.73. The number of carbonyl (C=O) groups excluding carboxylic acids is 1. The zero-order chi connectivity index (χ0) is 12.8. The number of aromatic nitrogens is 1. The van der Waals surface area contributed by atoms with E-state index in [1.807, 2.05) is 43.3 Å². The molecule has 0 aliphatic carbocycles. The van der Waals surface area contributed by atoms with Gasteiger partial charge < -0.3 is 5.32 Å². The van der Waals surface area contributed by atoms with Crippen molar-refractivity contribution >= 4 is 22.9 Å². The Morgan fingerprint density at radius 2 is 2.11 bits per heavy atom. The van der Waals surface area contributed by atoms with Crippen molar-refractivity contribution in [2.45, 2.75) is 13.3 Å². The van der Waals surface area contributed by atoms with Gasteiger partial charge in [0, 0.05) is 18.0 Å². The zero-order valence-electron chi connectivity index (χ0n) is 10.4. The Hall–Kier alpha value is -2.16. The normalized spacial score (nSPS) is 10.9. The highest BCUT2D eigenvalue weighted by atomic mass is 16.1. The van der Waals surface area contributed by atoms with Crippen LogP contribution in [0, 0.1) is 0 Å². The van der Waals surface area contributed by atoms with Crippen LogP contribution in [0.2, 0.25) is 0 Å². The van der Waals surface area contributed by atoms with E-state index in [4.69, 9.17) is 0 Å². The van der Waals surface area contributed by atoms with E-state index in [1.54, 1.807) is 6.08 Å². The van der Waals surface area contributed by atoms with Gasteiger partial charge in [-0.1, -0.05) is 31.2 Å². The number of para-hydroxylation sites is 1. The van der Waals surface area contributed by atoms with E-state index in [-0.39, 0.29) is 5.91 Å². The van der Waals surface area contributed by atoms with Crippen LogP contribution < -0.4 is 5.32 Å². The van der Waals surface area contributed by atoms with E-state index in [9.17, 15) is 4.79 Å². The second-order valence-electron chi connectivity index (χ2n) is 4.05. The average Bonchev–Trinajstić information content (AvgIpc) is 2.42. The first-order valence-corrected chi connectivity index (χ1v) is 6.11. The first-order valence-electron chi connectivity index (χ1n) is 6.11. The van der Waals surface area contributed by atoms with Crippen molar-refractivity contribution in [1.29, 1.82) is 0 Å². The number of hydrogen-bond acceptors (Lipinski definition) is 2. The Bertz CT molecular complexity index is 575. The van der Waals surface area contributed by atoms with Gasteiger partial charge in [0.1, 0.15) is 0 Å². The molecular weight excluding hydrogens is 224 g/mol. The Morgan fingerprint density at radius 3 is 2.94 bits per heavy atom. The average molecular weight is 240 g/mol. The molecule has 0 radical (unpaired) electrons. The quantitative estimate of drug-likeness (QED) is 0.835. The van der Waals surface area contributed by atoms with Crippen LogP contribution in [0.1, 0.15) is 19.0 Å². The van der Waals surface area contributed by atoms with Gasteiger partial charge in [0.25, 0.3) is 0 Å². The molecule has 18 heavy (non-hydrogen) atoms. The third kappa shape index (κ3) is 3.17.